The maximum absolute atomic E-state index is 13.5. The van der Waals surface area contributed by atoms with Crippen molar-refractivity contribution in [1.29, 1.82) is 0 Å². The number of halogens is 2. The van der Waals surface area contributed by atoms with Gasteiger partial charge in [-0.15, -0.1) is 11.3 Å². The van der Waals surface area contributed by atoms with Gasteiger partial charge in [-0.2, -0.15) is 13.9 Å². The van der Waals surface area contributed by atoms with Crippen LogP contribution in [0.2, 0.25) is 0 Å². The highest BCUT2D eigenvalue weighted by atomic mass is 32.2. The van der Waals surface area contributed by atoms with Crippen molar-refractivity contribution in [3.8, 4) is 11.1 Å². The van der Waals surface area contributed by atoms with Gasteiger partial charge in [-0.05, 0) is 55.0 Å². The number of hydrogen-bond donors (Lipinski definition) is 2. The Bertz CT molecular complexity index is 1630. The number of carbonyl (C=O) groups is 1. The number of carbonyl (C=O) groups excluding carboxylic acids is 1. The average Bonchev–Trinajstić information content (AvgIpc) is 3.42. The fraction of sp³-hybridized carbons (Fsp3) is 0.296. The molecule has 0 aliphatic heterocycles. The maximum atomic E-state index is 13.5. The molecule has 0 saturated carbocycles. The molecule has 2 N–H and O–H groups in total. The highest BCUT2D eigenvalue weighted by molar-refractivity contribution is 7.78. The molecule has 40 heavy (non-hydrogen) atoms. The van der Waals surface area contributed by atoms with E-state index >= 15 is 0 Å². The van der Waals surface area contributed by atoms with Crippen molar-refractivity contribution in [2.24, 2.45) is 0 Å². The summed E-state index contributed by atoms with van der Waals surface area (Å²) < 4.78 is 55.5. The number of alkyl carbamates (subject to hydrolysis) is 1. The number of rotatable bonds is 9. The Hall–Kier alpha value is -3.68. The van der Waals surface area contributed by atoms with Crippen LogP contribution in [0.15, 0.2) is 71.3 Å². The second kappa shape index (κ2) is 12.2. The van der Waals surface area contributed by atoms with Gasteiger partial charge in [0.2, 0.25) is 0 Å². The number of nitrogens with one attached hydrogen (secondary N) is 1. The maximum Gasteiger partial charge on any atom is 0.407 e. The molecule has 0 aliphatic rings. The molecule has 0 saturated heterocycles. The summed E-state index contributed by atoms with van der Waals surface area (Å²) in [5.41, 5.74) is 0.929. The van der Waals surface area contributed by atoms with Gasteiger partial charge in [0.1, 0.15) is 11.9 Å². The summed E-state index contributed by atoms with van der Waals surface area (Å²) in [5, 5.41) is 7.25. The van der Waals surface area contributed by atoms with Crippen LogP contribution in [-0.2, 0) is 34.7 Å². The highest BCUT2D eigenvalue weighted by Gasteiger charge is 2.18. The van der Waals surface area contributed by atoms with Crippen molar-refractivity contribution in [2.45, 2.75) is 45.2 Å². The van der Waals surface area contributed by atoms with Crippen molar-refractivity contribution < 1.29 is 27.1 Å². The molecular weight excluding hydrogens is 562 g/mol. The van der Waals surface area contributed by atoms with E-state index in [1.54, 1.807) is 20.8 Å². The minimum atomic E-state index is -2.00. The van der Waals surface area contributed by atoms with E-state index in [0.717, 1.165) is 36.3 Å². The molecule has 0 radical (unpaired) electrons. The van der Waals surface area contributed by atoms with E-state index in [0.29, 0.717) is 0 Å². The summed E-state index contributed by atoms with van der Waals surface area (Å²) >= 11 is -0.392. The third-order valence-electron chi connectivity index (χ3n) is 5.72. The Kier molecular flexibility index (Phi) is 8.96. The van der Waals surface area contributed by atoms with Crippen LogP contribution in [0.3, 0.4) is 0 Å². The van der Waals surface area contributed by atoms with E-state index in [2.05, 4.69) is 10.4 Å². The first-order chi connectivity index (χ1) is 18.9. The van der Waals surface area contributed by atoms with Gasteiger partial charge in [-0.1, -0.05) is 36.4 Å². The molecular formula is C27H28F2N4O5S2. The van der Waals surface area contributed by atoms with E-state index in [-0.39, 0.29) is 12.3 Å². The molecule has 2 aromatic carbocycles. The molecule has 9 nitrogen and oxygen atoms in total. The predicted octanol–water partition coefficient (Wildman–Crippen LogP) is 5.37. The van der Waals surface area contributed by atoms with Gasteiger partial charge in [0.15, 0.2) is 11.1 Å². The Labute approximate surface area is 235 Å². The zero-order valence-corrected chi connectivity index (χ0v) is 23.7. The number of hydrogen-bond acceptors (Lipinski definition) is 6. The average molecular weight is 591 g/mol. The van der Waals surface area contributed by atoms with Crippen molar-refractivity contribution >= 4 is 38.6 Å². The van der Waals surface area contributed by atoms with Gasteiger partial charge in [-0.3, -0.25) is 4.57 Å². The largest absolute Gasteiger partial charge is 0.444 e. The Morgan fingerprint density at radius 1 is 1.12 bits per heavy atom. The lowest BCUT2D eigenvalue weighted by molar-refractivity contribution is 0.0531. The number of aromatic nitrogens is 3. The van der Waals surface area contributed by atoms with Crippen molar-refractivity contribution in [2.75, 3.05) is 6.54 Å². The van der Waals surface area contributed by atoms with Crippen molar-refractivity contribution in [3.63, 3.8) is 0 Å². The quantitative estimate of drug-likeness (QED) is 0.253. The summed E-state index contributed by atoms with van der Waals surface area (Å²) in [6, 6.07) is 15.4. The second-order valence-corrected chi connectivity index (χ2v) is 12.1. The monoisotopic (exact) mass is 590 g/mol. The topological polar surface area (TPSA) is 115 Å². The summed E-state index contributed by atoms with van der Waals surface area (Å²) in [6.45, 7) is 4.22. The Balaban J connectivity index is 1.45. The fourth-order valence-corrected chi connectivity index (χ4v) is 5.47. The van der Waals surface area contributed by atoms with E-state index < -0.39 is 53.2 Å². The summed E-state index contributed by atoms with van der Waals surface area (Å²) in [7, 11) is 0. The molecule has 1 unspecified atom stereocenters. The zero-order valence-electron chi connectivity index (χ0n) is 22.0. The van der Waals surface area contributed by atoms with Crippen LogP contribution >= 0.6 is 11.3 Å². The second-order valence-electron chi connectivity index (χ2n) is 10.0. The summed E-state index contributed by atoms with van der Waals surface area (Å²) in [5.74, 6) is 0.0762. The molecule has 1 atom stereocenters. The Morgan fingerprint density at radius 2 is 1.82 bits per heavy atom. The third kappa shape index (κ3) is 7.71. The van der Waals surface area contributed by atoms with E-state index in [1.807, 2.05) is 48.5 Å². The van der Waals surface area contributed by atoms with Crippen LogP contribution in [0.4, 0.5) is 13.6 Å². The van der Waals surface area contributed by atoms with Gasteiger partial charge >= 0.3 is 11.8 Å². The number of nitrogens with zero attached hydrogens (tertiary/aromatic N) is 3. The van der Waals surface area contributed by atoms with Crippen LogP contribution < -0.4 is 11.0 Å². The molecule has 1 amide bonds. The van der Waals surface area contributed by atoms with Crippen molar-refractivity contribution in [1.82, 2.24) is 19.7 Å². The van der Waals surface area contributed by atoms with Gasteiger partial charge in [0.25, 0.3) is 6.08 Å². The van der Waals surface area contributed by atoms with Gasteiger partial charge < -0.3 is 14.6 Å². The number of benzene rings is 2. The van der Waals surface area contributed by atoms with Gasteiger partial charge in [0.05, 0.1) is 18.8 Å². The number of thiophene rings is 1. The molecule has 13 heteroatoms. The molecule has 0 fully saturated rings. The van der Waals surface area contributed by atoms with Gasteiger partial charge in [-0.25, -0.2) is 18.5 Å². The SMILES string of the molecule is CC(C)(C)OC(=O)NCC(Cn1ncn(Cc2cc3ccc(-c4ccc(CS(=O)O)cc4)cc3s2)c1=O)=C(F)F. The van der Waals surface area contributed by atoms with E-state index in [4.69, 9.17) is 9.29 Å². The molecule has 2 aromatic heterocycles. The molecule has 2 heterocycles. The van der Waals surface area contributed by atoms with Crippen LogP contribution in [-0.4, -0.2) is 41.3 Å². The Morgan fingerprint density at radius 3 is 2.48 bits per heavy atom. The summed E-state index contributed by atoms with van der Waals surface area (Å²) in [4.78, 5) is 25.6. The van der Waals surface area contributed by atoms with Crippen LogP contribution in [0.1, 0.15) is 31.2 Å². The standard InChI is InChI=1S/C27H28F2N4O5S2/c1-27(2,3)38-25(34)30-12-21(24(28)29)13-33-26(35)32(16-31-33)14-22-10-20-9-8-19(11-23(20)39-22)18-6-4-17(5-7-18)15-40(36)37/h4-11,16H,12-15H2,1-3H3,(H,30,34)(H,36,37). The lowest BCUT2D eigenvalue weighted by Gasteiger charge is -2.19. The van der Waals surface area contributed by atoms with Crippen LogP contribution in [0.25, 0.3) is 21.2 Å². The molecule has 4 rings (SSSR count). The van der Waals surface area contributed by atoms with E-state index in [9.17, 15) is 22.6 Å². The first kappa shape index (κ1) is 29.3. The molecule has 0 aliphatic carbocycles. The van der Waals surface area contributed by atoms with Crippen LogP contribution in [0, 0.1) is 0 Å². The number of ether oxygens (including phenoxy) is 1. The first-order valence-electron chi connectivity index (χ1n) is 12.2. The third-order valence-corrected chi connectivity index (χ3v) is 7.39. The molecule has 4 aromatic rings. The minimum Gasteiger partial charge on any atom is -0.444 e. The zero-order chi connectivity index (χ0) is 29.0. The number of fused-ring (bicyclic) bond motifs is 1. The highest BCUT2D eigenvalue weighted by Crippen LogP contribution is 2.31. The smallest absolute Gasteiger partial charge is 0.407 e. The molecule has 212 valence electrons. The van der Waals surface area contributed by atoms with Crippen LogP contribution in [0.5, 0.6) is 0 Å². The predicted molar refractivity (Wildman–Crippen MR) is 151 cm³/mol. The lowest BCUT2D eigenvalue weighted by Crippen LogP contribution is -2.35. The fourth-order valence-electron chi connectivity index (χ4n) is 3.89. The number of amides is 1. The lowest BCUT2D eigenvalue weighted by atomic mass is 10.0. The molecule has 0 spiro atoms. The summed E-state index contributed by atoms with van der Waals surface area (Å²) in [6.07, 6.45) is -1.54. The van der Waals surface area contributed by atoms with E-state index in [1.165, 1.54) is 22.2 Å². The normalized spacial score (nSPS) is 12.3. The first-order valence-corrected chi connectivity index (χ1v) is 14.3. The molecule has 0 bridgehead atoms. The van der Waals surface area contributed by atoms with Crippen molar-refractivity contribution in [3.05, 3.63) is 87.4 Å². The minimum absolute atomic E-state index is 0.0762. The van der Waals surface area contributed by atoms with Gasteiger partial charge in [0, 0.05) is 21.7 Å².